The predicted molar refractivity (Wildman–Crippen MR) is 101 cm³/mol. The van der Waals surface area contributed by atoms with E-state index in [1.54, 1.807) is 12.1 Å². The maximum atomic E-state index is 13.1. The molecule has 2 aromatic carbocycles. The number of carbonyl (C=O) groups excluding carboxylic acids is 2. The summed E-state index contributed by atoms with van der Waals surface area (Å²) in [5, 5.41) is 2.98. The van der Waals surface area contributed by atoms with Crippen molar-refractivity contribution in [2.75, 3.05) is 0 Å². The van der Waals surface area contributed by atoms with Crippen LogP contribution in [0.2, 0.25) is 0 Å². The van der Waals surface area contributed by atoms with E-state index in [9.17, 15) is 14.0 Å². The Morgan fingerprint density at radius 1 is 1.04 bits per heavy atom. The number of aryl methyl sites for hydroxylation is 1. The van der Waals surface area contributed by atoms with Crippen LogP contribution in [-0.2, 0) is 11.2 Å². The third-order valence-corrected chi connectivity index (χ3v) is 5.31. The fourth-order valence-corrected chi connectivity index (χ4v) is 3.96. The smallest absolute Gasteiger partial charge is 0.290 e. The van der Waals surface area contributed by atoms with Crippen LogP contribution in [0.15, 0.2) is 59.6 Å². The van der Waals surface area contributed by atoms with E-state index in [1.807, 2.05) is 30.5 Å². The Bertz CT molecular complexity index is 1040. The van der Waals surface area contributed by atoms with E-state index in [0.717, 1.165) is 39.4 Å². The first-order valence-electron chi connectivity index (χ1n) is 8.19. The average molecular weight is 366 g/mol. The van der Waals surface area contributed by atoms with Gasteiger partial charge in [0.25, 0.3) is 11.1 Å². The van der Waals surface area contributed by atoms with Gasteiger partial charge in [-0.05, 0) is 65.6 Å². The van der Waals surface area contributed by atoms with Gasteiger partial charge in [-0.2, -0.15) is 0 Å². The second-order valence-corrected chi connectivity index (χ2v) is 7.01. The van der Waals surface area contributed by atoms with Crippen LogP contribution in [0.25, 0.3) is 16.5 Å². The Kier molecular flexibility index (Phi) is 4.34. The van der Waals surface area contributed by atoms with Crippen LogP contribution < -0.4 is 5.32 Å². The largest absolute Gasteiger partial charge is 0.361 e. The zero-order chi connectivity index (χ0) is 18.1. The highest BCUT2D eigenvalue weighted by molar-refractivity contribution is 8.18. The second-order valence-electron chi connectivity index (χ2n) is 6.02. The molecule has 130 valence electrons. The molecule has 1 aliphatic rings. The Morgan fingerprint density at radius 2 is 1.85 bits per heavy atom. The molecule has 6 heteroatoms. The molecule has 2 heterocycles. The quantitative estimate of drug-likeness (QED) is 0.662. The van der Waals surface area contributed by atoms with Crippen molar-refractivity contribution in [2.24, 2.45) is 0 Å². The van der Waals surface area contributed by atoms with Crippen molar-refractivity contribution in [2.45, 2.75) is 12.8 Å². The monoisotopic (exact) mass is 366 g/mol. The number of imide groups is 1. The van der Waals surface area contributed by atoms with E-state index in [1.165, 1.54) is 12.1 Å². The number of nitrogens with one attached hydrogen (secondary N) is 2. The molecule has 2 amide bonds. The van der Waals surface area contributed by atoms with E-state index in [2.05, 4.69) is 10.3 Å². The number of aromatic amines is 1. The molecule has 0 unspecified atom stereocenters. The summed E-state index contributed by atoms with van der Waals surface area (Å²) in [7, 11) is 0. The molecule has 26 heavy (non-hydrogen) atoms. The van der Waals surface area contributed by atoms with Crippen molar-refractivity contribution in [3.8, 4) is 0 Å². The van der Waals surface area contributed by atoms with Crippen LogP contribution in [0.5, 0.6) is 0 Å². The normalized spacial score (nSPS) is 16.2. The maximum Gasteiger partial charge on any atom is 0.290 e. The zero-order valence-electron chi connectivity index (χ0n) is 13.7. The summed E-state index contributed by atoms with van der Waals surface area (Å²) in [6.45, 7) is 0. The van der Waals surface area contributed by atoms with Gasteiger partial charge in [0, 0.05) is 17.1 Å². The van der Waals surface area contributed by atoms with Crippen molar-refractivity contribution >= 4 is 39.4 Å². The number of thioether (sulfide) groups is 1. The van der Waals surface area contributed by atoms with Crippen molar-refractivity contribution in [3.63, 3.8) is 0 Å². The molecule has 1 fully saturated rings. The highest BCUT2D eigenvalue weighted by atomic mass is 32.2. The molecule has 0 saturated carbocycles. The van der Waals surface area contributed by atoms with Gasteiger partial charge in [-0.15, -0.1) is 0 Å². The molecule has 2 N–H and O–H groups in total. The van der Waals surface area contributed by atoms with E-state index >= 15 is 0 Å². The fourth-order valence-electron chi connectivity index (χ4n) is 3.15. The number of carbonyl (C=O) groups is 2. The lowest BCUT2D eigenvalue weighted by Gasteiger charge is -2.12. The molecule has 0 bridgehead atoms. The third-order valence-electron chi connectivity index (χ3n) is 4.39. The predicted octanol–water partition coefficient (Wildman–Crippen LogP) is 4.63. The van der Waals surface area contributed by atoms with Crippen LogP contribution >= 0.6 is 11.8 Å². The number of H-pyrrole nitrogens is 1. The molecule has 4 nitrogen and oxygen atoms in total. The number of allylic oxidation sites excluding steroid dienone is 1. The van der Waals surface area contributed by atoms with E-state index in [-0.39, 0.29) is 17.0 Å². The first-order chi connectivity index (χ1) is 12.6. The number of hydrogen-bond donors (Lipinski definition) is 2. The minimum atomic E-state index is -0.360. The van der Waals surface area contributed by atoms with Gasteiger partial charge in [0.1, 0.15) is 5.82 Å². The van der Waals surface area contributed by atoms with Crippen LogP contribution in [0, 0.1) is 5.82 Å². The number of fused-ring (bicyclic) bond motifs is 1. The summed E-state index contributed by atoms with van der Waals surface area (Å²) in [6.07, 6.45) is 3.06. The molecule has 1 aliphatic heterocycles. The van der Waals surface area contributed by atoms with E-state index < -0.39 is 0 Å². The Morgan fingerprint density at radius 3 is 2.58 bits per heavy atom. The minimum Gasteiger partial charge on any atom is -0.361 e. The SMILES string of the molecule is O=C1NC(=O)C(=C(CCc2ccc(F)cc2)c2cccc3[nH]ccc23)S1. The number of hydrogen-bond acceptors (Lipinski definition) is 3. The molecular formula is C20H15FN2O2S. The third kappa shape index (κ3) is 3.15. The molecule has 0 aliphatic carbocycles. The summed E-state index contributed by atoms with van der Waals surface area (Å²) in [5.41, 5.74) is 3.70. The highest BCUT2D eigenvalue weighted by Gasteiger charge is 2.29. The van der Waals surface area contributed by atoms with Crippen molar-refractivity contribution in [1.82, 2.24) is 10.3 Å². The van der Waals surface area contributed by atoms with Crippen LogP contribution in [0.1, 0.15) is 17.5 Å². The molecule has 0 radical (unpaired) electrons. The molecule has 0 atom stereocenters. The van der Waals surface area contributed by atoms with Gasteiger partial charge in [-0.1, -0.05) is 24.3 Å². The van der Waals surface area contributed by atoms with Gasteiger partial charge in [0.15, 0.2) is 0 Å². The molecule has 4 rings (SSSR count). The van der Waals surface area contributed by atoms with E-state index in [4.69, 9.17) is 0 Å². The summed E-state index contributed by atoms with van der Waals surface area (Å²) in [4.78, 5) is 27.5. The zero-order valence-corrected chi connectivity index (χ0v) is 14.5. The first kappa shape index (κ1) is 16.6. The molecule has 3 aromatic rings. The van der Waals surface area contributed by atoms with Crippen molar-refractivity contribution in [1.29, 1.82) is 0 Å². The van der Waals surface area contributed by atoms with Gasteiger partial charge >= 0.3 is 0 Å². The standard InChI is InChI=1S/C20H15FN2O2S/c21-13-7-4-12(5-8-13)6-9-16(18-19(24)23-20(25)26-18)14-2-1-3-17-15(14)10-11-22-17/h1-5,7-8,10-11,22H,6,9H2,(H,23,24,25). The summed E-state index contributed by atoms with van der Waals surface area (Å²) in [6, 6.07) is 14.1. The summed E-state index contributed by atoms with van der Waals surface area (Å²) in [5.74, 6) is -0.637. The molecule has 0 spiro atoms. The van der Waals surface area contributed by atoms with Gasteiger partial charge < -0.3 is 4.98 Å². The van der Waals surface area contributed by atoms with Crippen molar-refractivity contribution < 1.29 is 14.0 Å². The minimum absolute atomic E-state index is 0.277. The van der Waals surface area contributed by atoms with Crippen molar-refractivity contribution in [3.05, 3.63) is 76.6 Å². The van der Waals surface area contributed by atoms with Gasteiger partial charge in [-0.25, -0.2) is 4.39 Å². The average Bonchev–Trinajstić information content (AvgIpc) is 3.23. The lowest BCUT2D eigenvalue weighted by molar-refractivity contribution is -0.115. The van der Waals surface area contributed by atoms with Crippen LogP contribution in [0.3, 0.4) is 0 Å². The summed E-state index contributed by atoms with van der Waals surface area (Å²) >= 11 is 0.935. The second kappa shape index (κ2) is 6.80. The van der Waals surface area contributed by atoms with Gasteiger partial charge in [0.2, 0.25) is 0 Å². The highest BCUT2D eigenvalue weighted by Crippen LogP contribution is 2.37. The first-order valence-corrected chi connectivity index (χ1v) is 9.01. The lowest BCUT2D eigenvalue weighted by Crippen LogP contribution is -2.18. The Hall–Kier alpha value is -2.86. The van der Waals surface area contributed by atoms with Gasteiger partial charge in [-0.3, -0.25) is 14.9 Å². The topological polar surface area (TPSA) is 62.0 Å². The number of halogens is 1. The number of aromatic nitrogens is 1. The van der Waals surface area contributed by atoms with Crippen LogP contribution in [-0.4, -0.2) is 16.1 Å². The number of rotatable bonds is 4. The van der Waals surface area contributed by atoms with Gasteiger partial charge in [0.05, 0.1) is 4.91 Å². The molecule has 1 saturated heterocycles. The fraction of sp³-hybridized carbons (Fsp3) is 0.100. The Balaban J connectivity index is 1.76. The lowest BCUT2D eigenvalue weighted by atomic mass is 9.95. The van der Waals surface area contributed by atoms with E-state index in [0.29, 0.717) is 17.7 Å². The maximum absolute atomic E-state index is 13.1. The number of amides is 2. The molecular weight excluding hydrogens is 351 g/mol. The van der Waals surface area contributed by atoms with Crippen LogP contribution in [0.4, 0.5) is 9.18 Å². The Labute approximate surface area is 153 Å². The number of benzene rings is 2. The summed E-state index contributed by atoms with van der Waals surface area (Å²) < 4.78 is 13.1. The molecule has 1 aromatic heterocycles.